The second-order valence-electron chi connectivity index (χ2n) is 11.9. The third kappa shape index (κ3) is 7.03. The fraction of sp³-hybridized carbons (Fsp3) is 0.576. The topological polar surface area (TPSA) is 53.1 Å². The van der Waals surface area contributed by atoms with Crippen LogP contribution in [0.4, 0.5) is 9.18 Å². The van der Waals surface area contributed by atoms with Crippen LogP contribution < -0.4 is 0 Å². The van der Waals surface area contributed by atoms with E-state index in [1.54, 1.807) is 12.1 Å². The van der Waals surface area contributed by atoms with Crippen LogP contribution in [0.15, 0.2) is 54.6 Å². The van der Waals surface area contributed by atoms with Crippen LogP contribution in [0.25, 0.3) is 0 Å². The van der Waals surface area contributed by atoms with Crippen LogP contribution in [0.3, 0.4) is 0 Å². The van der Waals surface area contributed by atoms with Crippen molar-refractivity contribution < 1.29 is 18.7 Å². The number of hydrogen-bond acceptors (Lipinski definition) is 4. The van der Waals surface area contributed by atoms with Gasteiger partial charge in [-0.25, -0.2) is 9.18 Å². The largest absolute Gasteiger partial charge is 0.445 e. The Hall–Kier alpha value is -2.93. The first-order valence-electron chi connectivity index (χ1n) is 15.3. The number of piperidine rings is 1. The number of amides is 2. The first-order valence-corrected chi connectivity index (χ1v) is 15.3. The number of benzene rings is 2. The summed E-state index contributed by atoms with van der Waals surface area (Å²) in [4.78, 5) is 32.7. The molecule has 40 heavy (non-hydrogen) atoms. The lowest BCUT2D eigenvalue weighted by molar-refractivity contribution is -0.135. The number of likely N-dealkylation sites (tertiary alicyclic amines) is 2. The van der Waals surface area contributed by atoms with Gasteiger partial charge in [-0.15, -0.1) is 0 Å². The van der Waals surface area contributed by atoms with Gasteiger partial charge in [0.25, 0.3) is 0 Å². The molecule has 5 rings (SSSR count). The molecule has 2 saturated heterocycles. The average Bonchev–Trinajstić information content (AvgIpc) is 3.41. The fourth-order valence-corrected chi connectivity index (χ4v) is 7.04. The smallest absolute Gasteiger partial charge is 0.410 e. The van der Waals surface area contributed by atoms with E-state index in [0.29, 0.717) is 19.0 Å². The minimum atomic E-state index is -0.247. The maximum absolute atomic E-state index is 14.2. The number of nitrogens with zero attached hydrogens (tertiary/aromatic N) is 3. The van der Waals surface area contributed by atoms with Crippen molar-refractivity contribution in [2.45, 2.75) is 70.4 Å². The number of rotatable bonds is 8. The molecule has 2 aliphatic heterocycles. The molecular formula is C33H44FN3O3. The van der Waals surface area contributed by atoms with E-state index < -0.39 is 0 Å². The van der Waals surface area contributed by atoms with Gasteiger partial charge in [0.1, 0.15) is 12.4 Å². The van der Waals surface area contributed by atoms with Crippen molar-refractivity contribution in [1.82, 2.24) is 14.7 Å². The SMILES string of the molecule is CCN(C(=O)OCc1ccccc1)C1CCN(C[C@H]2CN(C(=O)C3CCCCC3)C[C@@H]2c2cccc(F)c2)CC1. The molecule has 2 amide bonds. The zero-order chi connectivity index (χ0) is 27.9. The maximum Gasteiger partial charge on any atom is 0.410 e. The molecule has 0 radical (unpaired) electrons. The van der Waals surface area contributed by atoms with Crippen molar-refractivity contribution in [2.75, 3.05) is 39.3 Å². The molecule has 1 aliphatic carbocycles. The highest BCUT2D eigenvalue weighted by atomic mass is 19.1. The lowest BCUT2D eigenvalue weighted by Crippen LogP contribution is -2.48. The Morgan fingerprint density at radius 1 is 0.950 bits per heavy atom. The standard InChI is InChI=1S/C33H44FN3O3/c1-2-37(33(39)40-24-25-10-5-3-6-11-25)30-16-18-35(19-17-30)21-28-22-36(32(38)26-12-7-4-8-13-26)23-31(28)27-14-9-15-29(34)20-27/h3,5-6,9-11,14-15,20,26,28,30-31H,2,4,7-8,12-13,16-19,21-24H2,1H3/t28-,31+/m0/s1. The second-order valence-corrected chi connectivity index (χ2v) is 11.9. The van der Waals surface area contributed by atoms with Crippen LogP contribution in [-0.2, 0) is 16.1 Å². The van der Waals surface area contributed by atoms with Gasteiger partial charge in [0.05, 0.1) is 0 Å². The van der Waals surface area contributed by atoms with Crippen LogP contribution in [-0.4, -0.2) is 72.0 Å². The number of ether oxygens (including phenoxy) is 1. The molecular weight excluding hydrogens is 505 g/mol. The van der Waals surface area contributed by atoms with Gasteiger partial charge in [0.15, 0.2) is 0 Å². The lowest BCUT2D eigenvalue weighted by Gasteiger charge is -2.39. The Morgan fingerprint density at radius 3 is 2.40 bits per heavy atom. The van der Waals surface area contributed by atoms with E-state index in [9.17, 15) is 14.0 Å². The van der Waals surface area contributed by atoms with Crippen LogP contribution in [0.5, 0.6) is 0 Å². The molecule has 0 spiro atoms. The van der Waals surface area contributed by atoms with Crippen molar-refractivity contribution >= 4 is 12.0 Å². The zero-order valence-corrected chi connectivity index (χ0v) is 23.8. The fourth-order valence-electron chi connectivity index (χ4n) is 7.04. The molecule has 2 atom stereocenters. The summed E-state index contributed by atoms with van der Waals surface area (Å²) in [7, 11) is 0. The molecule has 7 heteroatoms. The lowest BCUT2D eigenvalue weighted by atomic mass is 9.88. The third-order valence-electron chi connectivity index (χ3n) is 9.25. The molecule has 0 unspecified atom stereocenters. The highest BCUT2D eigenvalue weighted by Gasteiger charge is 2.40. The Balaban J connectivity index is 1.18. The molecule has 2 aromatic rings. The molecule has 2 heterocycles. The average molecular weight is 550 g/mol. The molecule has 0 bridgehead atoms. The first-order chi connectivity index (χ1) is 19.5. The molecule has 3 fully saturated rings. The minimum absolute atomic E-state index is 0.140. The van der Waals surface area contributed by atoms with E-state index in [4.69, 9.17) is 4.74 Å². The number of hydrogen-bond donors (Lipinski definition) is 0. The number of carbonyl (C=O) groups excluding carboxylic acids is 2. The van der Waals surface area contributed by atoms with Gasteiger partial charge in [0, 0.05) is 57.1 Å². The molecule has 216 valence electrons. The highest BCUT2D eigenvalue weighted by Crippen LogP contribution is 2.36. The minimum Gasteiger partial charge on any atom is -0.445 e. The van der Waals surface area contributed by atoms with Crippen LogP contribution in [0.1, 0.15) is 68.9 Å². The number of halogens is 1. The highest BCUT2D eigenvalue weighted by molar-refractivity contribution is 5.79. The van der Waals surface area contributed by atoms with Gasteiger partial charge in [-0.1, -0.05) is 61.7 Å². The van der Waals surface area contributed by atoms with Gasteiger partial charge in [-0.2, -0.15) is 0 Å². The van der Waals surface area contributed by atoms with Crippen molar-refractivity contribution in [2.24, 2.45) is 11.8 Å². The van der Waals surface area contributed by atoms with E-state index in [0.717, 1.165) is 75.8 Å². The second kappa shape index (κ2) is 13.6. The summed E-state index contributed by atoms with van der Waals surface area (Å²) in [5.74, 6) is 0.644. The Kier molecular flexibility index (Phi) is 9.74. The molecule has 6 nitrogen and oxygen atoms in total. The predicted molar refractivity (Wildman–Crippen MR) is 154 cm³/mol. The predicted octanol–water partition coefficient (Wildman–Crippen LogP) is 6.07. The van der Waals surface area contributed by atoms with Crippen molar-refractivity contribution in [3.8, 4) is 0 Å². The van der Waals surface area contributed by atoms with E-state index in [-0.39, 0.29) is 42.3 Å². The van der Waals surface area contributed by atoms with Gasteiger partial charge in [-0.05, 0) is 61.8 Å². The normalized spacial score (nSPS) is 22.8. The summed E-state index contributed by atoms with van der Waals surface area (Å²) >= 11 is 0. The molecule has 1 saturated carbocycles. The van der Waals surface area contributed by atoms with Gasteiger partial charge in [-0.3, -0.25) is 4.79 Å². The summed E-state index contributed by atoms with van der Waals surface area (Å²) < 4.78 is 19.8. The Bertz CT molecular complexity index is 1110. The quantitative estimate of drug-likeness (QED) is 0.401. The molecule has 2 aromatic carbocycles. The zero-order valence-electron chi connectivity index (χ0n) is 23.8. The Labute approximate surface area is 238 Å². The van der Waals surface area contributed by atoms with Crippen molar-refractivity contribution in [3.05, 3.63) is 71.5 Å². The first kappa shape index (κ1) is 28.6. The Morgan fingerprint density at radius 2 is 1.70 bits per heavy atom. The van der Waals surface area contributed by atoms with Gasteiger partial charge >= 0.3 is 6.09 Å². The summed E-state index contributed by atoms with van der Waals surface area (Å²) in [6.45, 7) is 7.02. The van der Waals surface area contributed by atoms with Crippen LogP contribution in [0.2, 0.25) is 0 Å². The van der Waals surface area contributed by atoms with Crippen molar-refractivity contribution in [3.63, 3.8) is 0 Å². The van der Waals surface area contributed by atoms with Crippen molar-refractivity contribution in [1.29, 1.82) is 0 Å². The third-order valence-corrected chi connectivity index (χ3v) is 9.25. The summed E-state index contributed by atoms with van der Waals surface area (Å²) in [5, 5.41) is 0. The van der Waals surface area contributed by atoms with Crippen LogP contribution in [0, 0.1) is 17.7 Å². The maximum atomic E-state index is 14.2. The molecule has 3 aliphatic rings. The molecule has 0 N–H and O–H groups in total. The van der Waals surface area contributed by atoms with E-state index in [1.165, 1.54) is 12.5 Å². The summed E-state index contributed by atoms with van der Waals surface area (Å²) in [6, 6.07) is 16.9. The van der Waals surface area contributed by atoms with E-state index in [2.05, 4.69) is 9.80 Å². The van der Waals surface area contributed by atoms with Gasteiger partial charge in [0.2, 0.25) is 5.91 Å². The van der Waals surface area contributed by atoms with Crippen LogP contribution >= 0.6 is 0 Å². The number of carbonyl (C=O) groups is 2. The monoisotopic (exact) mass is 549 g/mol. The summed E-state index contributed by atoms with van der Waals surface area (Å²) in [6.07, 6.45) is 7.07. The molecule has 0 aromatic heterocycles. The van der Waals surface area contributed by atoms with E-state index in [1.807, 2.05) is 48.2 Å². The van der Waals surface area contributed by atoms with Gasteiger partial charge < -0.3 is 19.4 Å². The summed E-state index contributed by atoms with van der Waals surface area (Å²) in [5.41, 5.74) is 1.99. The van der Waals surface area contributed by atoms with E-state index >= 15 is 0 Å².